The Bertz CT molecular complexity index is 833. The Morgan fingerprint density at radius 2 is 1.48 bits per heavy atom. The van der Waals surface area contributed by atoms with Crippen LogP contribution in [0.1, 0.15) is 27.0 Å². The molecule has 0 aromatic heterocycles. The second-order valence-corrected chi connectivity index (χ2v) is 5.38. The van der Waals surface area contributed by atoms with Gasteiger partial charge in [-0.1, -0.05) is 72.3 Å². The first kappa shape index (κ1) is 14.9. The summed E-state index contributed by atoms with van der Waals surface area (Å²) in [5, 5.41) is 0. The lowest BCUT2D eigenvalue weighted by molar-refractivity contribution is 0.103. The van der Waals surface area contributed by atoms with E-state index in [2.05, 4.69) is 4.99 Å². The van der Waals surface area contributed by atoms with E-state index in [1.54, 1.807) is 6.21 Å². The minimum Gasteiger partial charge on any atom is -0.289 e. The van der Waals surface area contributed by atoms with E-state index in [0.717, 1.165) is 11.1 Å². The average Bonchev–Trinajstić information content (AvgIpc) is 2.61. The molecule has 0 aliphatic heterocycles. The second-order valence-electron chi connectivity index (χ2n) is 5.38. The van der Waals surface area contributed by atoms with Crippen LogP contribution in [0.5, 0.6) is 0 Å². The predicted octanol–water partition coefficient (Wildman–Crippen LogP) is 4.98. The minimum atomic E-state index is -0.00851. The molecule has 0 aliphatic rings. The predicted molar refractivity (Wildman–Crippen MR) is 94.7 cm³/mol. The molecule has 3 aromatic rings. The van der Waals surface area contributed by atoms with Gasteiger partial charge in [0.15, 0.2) is 5.78 Å². The van der Waals surface area contributed by atoms with Crippen LogP contribution in [0.2, 0.25) is 0 Å². The Balaban J connectivity index is 1.93. The van der Waals surface area contributed by atoms with Gasteiger partial charge in [-0.3, -0.25) is 9.79 Å². The van der Waals surface area contributed by atoms with Crippen molar-refractivity contribution >= 4 is 17.7 Å². The zero-order valence-electron chi connectivity index (χ0n) is 12.9. The lowest BCUT2D eigenvalue weighted by Crippen LogP contribution is -2.01. The highest BCUT2D eigenvalue weighted by Crippen LogP contribution is 2.22. The van der Waals surface area contributed by atoms with E-state index in [1.165, 1.54) is 0 Å². The number of rotatable bonds is 4. The third kappa shape index (κ3) is 3.61. The van der Waals surface area contributed by atoms with E-state index in [4.69, 9.17) is 0 Å². The molecule has 3 aromatic carbocycles. The van der Waals surface area contributed by atoms with Gasteiger partial charge in [0.1, 0.15) is 0 Å². The van der Waals surface area contributed by atoms with Crippen molar-refractivity contribution in [1.82, 2.24) is 0 Å². The molecule has 0 bridgehead atoms. The molecular weight excluding hydrogens is 282 g/mol. The van der Waals surface area contributed by atoms with Crippen molar-refractivity contribution in [2.75, 3.05) is 0 Å². The number of nitrogens with zero attached hydrogens (tertiary/aromatic N) is 1. The number of para-hydroxylation sites is 1. The van der Waals surface area contributed by atoms with Gasteiger partial charge in [0.25, 0.3) is 0 Å². The maximum Gasteiger partial charge on any atom is 0.195 e. The van der Waals surface area contributed by atoms with Crippen molar-refractivity contribution < 1.29 is 4.79 Å². The highest BCUT2D eigenvalue weighted by atomic mass is 16.1. The Kier molecular flexibility index (Phi) is 4.44. The van der Waals surface area contributed by atoms with Crippen LogP contribution in [0.3, 0.4) is 0 Å². The quantitative estimate of drug-likeness (QED) is 0.493. The number of hydrogen-bond donors (Lipinski definition) is 0. The van der Waals surface area contributed by atoms with Gasteiger partial charge >= 0.3 is 0 Å². The number of ketones is 1. The van der Waals surface area contributed by atoms with Gasteiger partial charge in [-0.25, -0.2) is 0 Å². The smallest absolute Gasteiger partial charge is 0.195 e. The van der Waals surface area contributed by atoms with Gasteiger partial charge in [-0.15, -0.1) is 0 Å². The average molecular weight is 299 g/mol. The molecule has 23 heavy (non-hydrogen) atoms. The number of benzene rings is 3. The summed E-state index contributed by atoms with van der Waals surface area (Å²) in [4.78, 5) is 17.2. The van der Waals surface area contributed by atoms with Crippen molar-refractivity contribution in [2.24, 2.45) is 4.99 Å². The van der Waals surface area contributed by atoms with Gasteiger partial charge in [0.2, 0.25) is 0 Å². The van der Waals surface area contributed by atoms with Crippen LogP contribution < -0.4 is 0 Å². The molecule has 0 fully saturated rings. The molecule has 0 amide bonds. The molecule has 0 N–H and O–H groups in total. The molecule has 3 rings (SSSR count). The number of hydrogen-bond acceptors (Lipinski definition) is 2. The van der Waals surface area contributed by atoms with Crippen molar-refractivity contribution in [3.8, 4) is 0 Å². The zero-order chi connectivity index (χ0) is 16.1. The number of aliphatic imine (C=N–C) groups is 1. The first-order valence-corrected chi connectivity index (χ1v) is 7.53. The van der Waals surface area contributed by atoms with Crippen LogP contribution >= 0.6 is 0 Å². The summed E-state index contributed by atoms with van der Waals surface area (Å²) in [5.41, 5.74) is 4.12. The standard InChI is InChI=1S/C21H17NO/c1-16-11-13-18(14-12-16)21(23)19-9-5-6-10-20(19)22-15-17-7-3-2-4-8-17/h2-15H,1H3. The SMILES string of the molecule is Cc1ccc(C(=O)c2ccccc2N=Cc2ccccc2)cc1. The normalized spacial score (nSPS) is 10.8. The van der Waals surface area contributed by atoms with E-state index in [1.807, 2.05) is 85.8 Å². The third-order valence-electron chi connectivity index (χ3n) is 3.61. The molecule has 0 atom stereocenters. The summed E-state index contributed by atoms with van der Waals surface area (Å²) < 4.78 is 0. The van der Waals surface area contributed by atoms with Crippen molar-refractivity contribution in [1.29, 1.82) is 0 Å². The molecule has 2 nitrogen and oxygen atoms in total. The van der Waals surface area contributed by atoms with Crippen molar-refractivity contribution in [2.45, 2.75) is 6.92 Å². The second kappa shape index (κ2) is 6.84. The molecular formula is C21H17NO. The topological polar surface area (TPSA) is 29.4 Å². The Labute approximate surface area is 136 Å². The number of carbonyl (C=O) groups excluding carboxylic acids is 1. The maximum absolute atomic E-state index is 12.7. The molecule has 2 heteroatoms. The third-order valence-corrected chi connectivity index (χ3v) is 3.61. The molecule has 0 unspecified atom stereocenters. The van der Waals surface area contributed by atoms with Gasteiger partial charge in [-0.2, -0.15) is 0 Å². The van der Waals surface area contributed by atoms with E-state index in [9.17, 15) is 4.79 Å². The molecule has 112 valence electrons. The molecule has 0 radical (unpaired) electrons. The Hall–Kier alpha value is -3.00. The van der Waals surface area contributed by atoms with E-state index in [-0.39, 0.29) is 5.78 Å². The zero-order valence-corrected chi connectivity index (χ0v) is 12.9. The van der Waals surface area contributed by atoms with E-state index >= 15 is 0 Å². The number of aryl methyl sites for hydroxylation is 1. The Morgan fingerprint density at radius 3 is 2.22 bits per heavy atom. The fourth-order valence-electron chi connectivity index (χ4n) is 2.32. The fraction of sp³-hybridized carbons (Fsp3) is 0.0476. The largest absolute Gasteiger partial charge is 0.289 e. The summed E-state index contributed by atoms with van der Waals surface area (Å²) in [6.45, 7) is 2.01. The highest BCUT2D eigenvalue weighted by molar-refractivity contribution is 6.12. The van der Waals surface area contributed by atoms with Crippen LogP contribution in [-0.4, -0.2) is 12.0 Å². The Morgan fingerprint density at radius 1 is 0.826 bits per heavy atom. The van der Waals surface area contributed by atoms with E-state index in [0.29, 0.717) is 16.8 Å². The first-order valence-electron chi connectivity index (χ1n) is 7.53. The lowest BCUT2D eigenvalue weighted by Gasteiger charge is -2.05. The molecule has 0 saturated heterocycles. The maximum atomic E-state index is 12.7. The van der Waals surface area contributed by atoms with E-state index < -0.39 is 0 Å². The summed E-state index contributed by atoms with van der Waals surface area (Å²) in [6.07, 6.45) is 1.78. The van der Waals surface area contributed by atoms with Crippen LogP contribution in [-0.2, 0) is 0 Å². The van der Waals surface area contributed by atoms with Gasteiger partial charge in [-0.05, 0) is 24.6 Å². The van der Waals surface area contributed by atoms with Gasteiger partial charge in [0.05, 0.1) is 5.69 Å². The lowest BCUT2D eigenvalue weighted by atomic mass is 10.0. The molecule has 0 spiro atoms. The number of carbonyl (C=O) groups is 1. The first-order chi connectivity index (χ1) is 11.2. The summed E-state index contributed by atoms with van der Waals surface area (Å²) in [5.74, 6) is -0.00851. The molecule has 0 heterocycles. The molecule has 0 saturated carbocycles. The van der Waals surface area contributed by atoms with Crippen molar-refractivity contribution in [3.05, 3.63) is 101 Å². The van der Waals surface area contributed by atoms with Crippen LogP contribution in [0.25, 0.3) is 0 Å². The van der Waals surface area contributed by atoms with Gasteiger partial charge in [0, 0.05) is 17.3 Å². The summed E-state index contributed by atoms with van der Waals surface area (Å²) in [7, 11) is 0. The summed E-state index contributed by atoms with van der Waals surface area (Å²) in [6, 6.07) is 24.9. The van der Waals surface area contributed by atoms with Crippen LogP contribution in [0, 0.1) is 6.92 Å². The monoisotopic (exact) mass is 299 g/mol. The van der Waals surface area contributed by atoms with Crippen LogP contribution in [0.15, 0.2) is 83.9 Å². The minimum absolute atomic E-state index is 0.00851. The van der Waals surface area contributed by atoms with Gasteiger partial charge < -0.3 is 0 Å². The summed E-state index contributed by atoms with van der Waals surface area (Å²) >= 11 is 0. The highest BCUT2D eigenvalue weighted by Gasteiger charge is 2.12. The fourth-order valence-corrected chi connectivity index (χ4v) is 2.32. The van der Waals surface area contributed by atoms with Crippen molar-refractivity contribution in [3.63, 3.8) is 0 Å². The molecule has 0 aliphatic carbocycles. The van der Waals surface area contributed by atoms with Crippen LogP contribution in [0.4, 0.5) is 5.69 Å².